The lowest BCUT2D eigenvalue weighted by Gasteiger charge is -2.10. The SMILES string of the molecule is COC(=O)c1sccc1NC(=O)Nc1ccc(Oc2ccc(-c3nccs3)cc2)cc1. The molecular formula is C22H17N3O4S2. The number of thiophene rings is 1. The number of carbonyl (C=O) groups is 2. The van der Waals surface area contributed by atoms with Gasteiger partial charge in [-0.25, -0.2) is 14.6 Å². The zero-order chi connectivity index (χ0) is 21.6. The Bertz CT molecular complexity index is 1170. The number of thiazole rings is 1. The van der Waals surface area contributed by atoms with Gasteiger partial charge in [0, 0.05) is 22.8 Å². The van der Waals surface area contributed by atoms with Gasteiger partial charge in [-0.15, -0.1) is 22.7 Å². The summed E-state index contributed by atoms with van der Waals surface area (Å²) < 4.78 is 10.6. The molecule has 4 rings (SSSR count). The third-order valence-electron chi connectivity index (χ3n) is 4.17. The summed E-state index contributed by atoms with van der Waals surface area (Å²) in [4.78, 5) is 28.6. The summed E-state index contributed by atoms with van der Waals surface area (Å²) in [5.74, 6) is 0.844. The number of anilines is 2. The van der Waals surface area contributed by atoms with E-state index in [4.69, 9.17) is 9.47 Å². The first-order valence-corrected chi connectivity index (χ1v) is 10.9. The zero-order valence-electron chi connectivity index (χ0n) is 16.3. The van der Waals surface area contributed by atoms with Crippen LogP contribution in [0.5, 0.6) is 11.5 Å². The summed E-state index contributed by atoms with van der Waals surface area (Å²) in [6.07, 6.45) is 1.78. The molecule has 0 unspecified atom stereocenters. The van der Waals surface area contributed by atoms with Crippen molar-refractivity contribution in [3.8, 4) is 22.1 Å². The smallest absolute Gasteiger partial charge is 0.350 e. The molecule has 0 fully saturated rings. The number of ether oxygens (including phenoxy) is 2. The molecule has 0 atom stereocenters. The van der Waals surface area contributed by atoms with E-state index in [0.29, 0.717) is 27.8 Å². The molecule has 7 nitrogen and oxygen atoms in total. The van der Waals surface area contributed by atoms with Crippen molar-refractivity contribution in [2.24, 2.45) is 0 Å². The number of rotatable bonds is 6. The summed E-state index contributed by atoms with van der Waals surface area (Å²) in [5.41, 5.74) is 2.02. The Balaban J connectivity index is 1.34. The Kier molecular flexibility index (Phi) is 6.25. The Morgan fingerprint density at radius 1 is 0.871 bits per heavy atom. The number of carbonyl (C=O) groups excluding carboxylic acids is 2. The molecule has 0 aliphatic rings. The molecule has 0 bridgehead atoms. The number of urea groups is 1. The van der Waals surface area contributed by atoms with Crippen LogP contribution in [0.1, 0.15) is 9.67 Å². The van der Waals surface area contributed by atoms with Crippen LogP contribution < -0.4 is 15.4 Å². The number of benzene rings is 2. The van der Waals surface area contributed by atoms with Crippen LogP contribution in [0.15, 0.2) is 71.6 Å². The van der Waals surface area contributed by atoms with Gasteiger partial charge in [-0.2, -0.15) is 0 Å². The number of amides is 2. The molecule has 0 radical (unpaired) electrons. The van der Waals surface area contributed by atoms with Crippen LogP contribution in [-0.2, 0) is 4.74 Å². The summed E-state index contributed by atoms with van der Waals surface area (Å²) in [6, 6.07) is 15.8. The normalized spacial score (nSPS) is 10.4. The maximum atomic E-state index is 12.2. The monoisotopic (exact) mass is 451 g/mol. The van der Waals surface area contributed by atoms with Crippen molar-refractivity contribution >= 4 is 46.0 Å². The Labute approximate surface area is 186 Å². The Hall–Kier alpha value is -3.69. The minimum absolute atomic E-state index is 0.335. The number of hydrogen-bond acceptors (Lipinski definition) is 7. The van der Waals surface area contributed by atoms with Crippen LogP contribution in [0, 0.1) is 0 Å². The van der Waals surface area contributed by atoms with E-state index in [0.717, 1.165) is 10.6 Å². The van der Waals surface area contributed by atoms with Crippen LogP contribution in [0.25, 0.3) is 10.6 Å². The predicted molar refractivity (Wildman–Crippen MR) is 122 cm³/mol. The van der Waals surface area contributed by atoms with Crippen molar-refractivity contribution in [2.75, 3.05) is 17.7 Å². The molecule has 0 saturated carbocycles. The fourth-order valence-corrected chi connectivity index (χ4v) is 4.13. The van der Waals surface area contributed by atoms with Crippen molar-refractivity contribution in [3.63, 3.8) is 0 Å². The fraction of sp³-hybridized carbons (Fsp3) is 0.0455. The van der Waals surface area contributed by atoms with Gasteiger partial charge in [0.15, 0.2) is 0 Å². The summed E-state index contributed by atoms with van der Waals surface area (Å²) in [6.45, 7) is 0. The summed E-state index contributed by atoms with van der Waals surface area (Å²) in [5, 5.41) is 9.97. The van der Waals surface area contributed by atoms with Gasteiger partial charge in [0.05, 0.1) is 12.8 Å². The Morgan fingerprint density at radius 2 is 1.58 bits per heavy atom. The lowest BCUT2D eigenvalue weighted by atomic mass is 10.2. The van der Waals surface area contributed by atoms with Crippen LogP contribution in [-0.4, -0.2) is 24.1 Å². The highest BCUT2D eigenvalue weighted by Crippen LogP contribution is 2.28. The number of hydrogen-bond donors (Lipinski definition) is 2. The molecule has 2 heterocycles. The molecule has 2 amide bonds. The minimum Gasteiger partial charge on any atom is -0.465 e. The molecule has 4 aromatic rings. The van der Waals surface area contributed by atoms with E-state index in [1.165, 1.54) is 18.4 Å². The van der Waals surface area contributed by atoms with Crippen molar-refractivity contribution < 1.29 is 19.1 Å². The fourth-order valence-electron chi connectivity index (χ4n) is 2.72. The van der Waals surface area contributed by atoms with E-state index >= 15 is 0 Å². The molecule has 156 valence electrons. The van der Waals surface area contributed by atoms with E-state index < -0.39 is 12.0 Å². The van der Waals surface area contributed by atoms with Crippen LogP contribution >= 0.6 is 22.7 Å². The van der Waals surface area contributed by atoms with Gasteiger partial charge in [0.2, 0.25) is 0 Å². The largest absolute Gasteiger partial charge is 0.465 e. The van der Waals surface area contributed by atoms with Crippen molar-refractivity contribution in [3.05, 3.63) is 76.4 Å². The van der Waals surface area contributed by atoms with Crippen LogP contribution in [0.3, 0.4) is 0 Å². The molecule has 0 spiro atoms. The number of esters is 1. The van der Waals surface area contributed by atoms with Crippen molar-refractivity contribution in [2.45, 2.75) is 0 Å². The molecule has 0 aliphatic heterocycles. The first kappa shape index (κ1) is 20.6. The highest BCUT2D eigenvalue weighted by Gasteiger charge is 2.15. The second-order valence-corrected chi connectivity index (χ2v) is 8.03. The number of nitrogens with zero attached hydrogens (tertiary/aromatic N) is 1. The van der Waals surface area contributed by atoms with Crippen LogP contribution in [0.2, 0.25) is 0 Å². The van der Waals surface area contributed by atoms with Gasteiger partial charge in [-0.05, 0) is 60.0 Å². The lowest BCUT2D eigenvalue weighted by Crippen LogP contribution is -2.20. The van der Waals surface area contributed by atoms with Gasteiger partial charge in [0.25, 0.3) is 0 Å². The van der Waals surface area contributed by atoms with E-state index in [1.807, 2.05) is 29.6 Å². The quantitative estimate of drug-likeness (QED) is 0.346. The topological polar surface area (TPSA) is 89.5 Å². The molecule has 0 saturated heterocycles. The lowest BCUT2D eigenvalue weighted by molar-refractivity contribution is 0.0607. The molecule has 2 aromatic heterocycles. The highest BCUT2D eigenvalue weighted by atomic mass is 32.1. The second-order valence-electron chi connectivity index (χ2n) is 6.22. The van der Waals surface area contributed by atoms with E-state index in [1.54, 1.807) is 53.2 Å². The molecule has 31 heavy (non-hydrogen) atoms. The summed E-state index contributed by atoms with van der Waals surface area (Å²) >= 11 is 2.78. The third kappa shape index (κ3) is 5.08. The van der Waals surface area contributed by atoms with Gasteiger partial charge in [-0.1, -0.05) is 0 Å². The minimum atomic E-state index is -0.494. The van der Waals surface area contributed by atoms with E-state index in [-0.39, 0.29) is 0 Å². The first-order valence-electron chi connectivity index (χ1n) is 9.14. The Morgan fingerprint density at radius 3 is 2.23 bits per heavy atom. The van der Waals surface area contributed by atoms with Gasteiger partial charge < -0.3 is 20.1 Å². The van der Waals surface area contributed by atoms with Crippen molar-refractivity contribution in [1.82, 2.24) is 4.98 Å². The first-order chi connectivity index (χ1) is 15.1. The number of aromatic nitrogens is 1. The van der Waals surface area contributed by atoms with Gasteiger partial charge in [0.1, 0.15) is 21.4 Å². The zero-order valence-corrected chi connectivity index (χ0v) is 18.0. The number of nitrogens with one attached hydrogen (secondary N) is 2. The van der Waals surface area contributed by atoms with Crippen LogP contribution in [0.4, 0.5) is 16.2 Å². The molecule has 2 N–H and O–H groups in total. The molecular weight excluding hydrogens is 434 g/mol. The molecule has 9 heteroatoms. The van der Waals surface area contributed by atoms with Gasteiger partial charge in [-0.3, -0.25) is 0 Å². The standard InChI is InChI=1S/C22H17N3O4S2/c1-28-21(26)19-18(10-12-30-19)25-22(27)24-15-4-8-17(9-5-15)29-16-6-2-14(3-7-16)20-23-11-13-31-20/h2-13H,1H3,(H2,24,25,27). The predicted octanol–water partition coefficient (Wildman–Crippen LogP) is 6.09. The van der Waals surface area contributed by atoms with E-state index in [2.05, 4.69) is 15.6 Å². The third-order valence-corrected chi connectivity index (χ3v) is 5.88. The van der Waals surface area contributed by atoms with E-state index in [9.17, 15) is 9.59 Å². The summed E-state index contributed by atoms with van der Waals surface area (Å²) in [7, 11) is 1.30. The highest BCUT2D eigenvalue weighted by molar-refractivity contribution is 7.13. The maximum absolute atomic E-state index is 12.2. The average molecular weight is 452 g/mol. The maximum Gasteiger partial charge on any atom is 0.350 e. The van der Waals surface area contributed by atoms with Gasteiger partial charge >= 0.3 is 12.0 Å². The molecule has 0 aliphatic carbocycles. The average Bonchev–Trinajstić information content (AvgIpc) is 3.47. The second kappa shape index (κ2) is 9.41. The molecule has 2 aromatic carbocycles. The number of methoxy groups -OCH3 is 1. The van der Waals surface area contributed by atoms with Crippen molar-refractivity contribution in [1.29, 1.82) is 0 Å².